The molecule has 7 heteroatoms. The number of anilines is 1. The Morgan fingerprint density at radius 1 is 1.40 bits per heavy atom. The van der Waals surface area contributed by atoms with Gasteiger partial charge < -0.3 is 10.5 Å². The van der Waals surface area contributed by atoms with Crippen LogP contribution in [-0.2, 0) is 4.74 Å². The summed E-state index contributed by atoms with van der Waals surface area (Å²) >= 11 is 5.93. The summed E-state index contributed by atoms with van der Waals surface area (Å²) in [5, 5.41) is 12.6. The zero-order valence-corrected chi connectivity index (χ0v) is 11.9. The Bertz CT molecular complexity index is 615. The number of benzene rings is 1. The number of rotatable bonds is 3. The van der Waals surface area contributed by atoms with Crippen LogP contribution in [0.15, 0.2) is 18.2 Å². The smallest absolute Gasteiger partial charge is 0.184 e. The molecule has 2 atom stereocenters. The summed E-state index contributed by atoms with van der Waals surface area (Å²) in [5.41, 5.74) is 7.40. The Kier molecular flexibility index (Phi) is 3.58. The van der Waals surface area contributed by atoms with Crippen molar-refractivity contribution in [2.24, 2.45) is 0 Å². The minimum atomic E-state index is 0.250. The van der Waals surface area contributed by atoms with Gasteiger partial charge in [0.2, 0.25) is 0 Å². The lowest BCUT2D eigenvalue weighted by atomic mass is 10.1. The highest BCUT2D eigenvalue weighted by Crippen LogP contribution is 2.35. The Morgan fingerprint density at radius 2 is 2.25 bits per heavy atom. The molecule has 2 unspecified atom stereocenters. The van der Waals surface area contributed by atoms with Crippen LogP contribution in [0.5, 0.6) is 0 Å². The second-order valence-electron chi connectivity index (χ2n) is 5.00. The largest absolute Gasteiger partial charge is 0.398 e. The summed E-state index contributed by atoms with van der Waals surface area (Å²) in [6, 6.07) is 5.60. The van der Waals surface area contributed by atoms with E-state index in [2.05, 4.69) is 15.5 Å². The summed E-state index contributed by atoms with van der Waals surface area (Å²) in [4.78, 5) is 0. The summed E-state index contributed by atoms with van der Waals surface area (Å²) in [5.74, 6) is 0.681. The molecule has 0 spiro atoms. The van der Waals surface area contributed by atoms with Gasteiger partial charge in [0.05, 0.1) is 12.1 Å². The predicted octanol–water partition coefficient (Wildman–Crippen LogP) is 2.32. The Labute approximate surface area is 121 Å². The highest BCUT2D eigenvalue weighted by Gasteiger charge is 2.29. The number of tetrazole rings is 1. The molecule has 1 aliphatic rings. The molecule has 0 radical (unpaired) electrons. The first-order valence-electron chi connectivity index (χ1n) is 6.55. The number of halogens is 1. The van der Waals surface area contributed by atoms with Crippen LogP contribution in [0.4, 0.5) is 5.69 Å². The lowest BCUT2D eigenvalue weighted by molar-refractivity contribution is 0.105. The molecule has 1 saturated carbocycles. The van der Waals surface area contributed by atoms with Crippen molar-refractivity contribution in [2.75, 3.05) is 12.8 Å². The van der Waals surface area contributed by atoms with Crippen LogP contribution in [-0.4, -0.2) is 33.4 Å². The van der Waals surface area contributed by atoms with Crippen LogP contribution in [0, 0.1) is 0 Å². The summed E-state index contributed by atoms with van der Waals surface area (Å²) in [7, 11) is 1.74. The molecule has 1 aromatic carbocycles. The Balaban J connectivity index is 1.94. The van der Waals surface area contributed by atoms with Crippen LogP contribution in [0.25, 0.3) is 11.4 Å². The van der Waals surface area contributed by atoms with Crippen molar-refractivity contribution in [3.05, 3.63) is 23.2 Å². The molecule has 0 aliphatic heterocycles. The molecule has 6 nitrogen and oxygen atoms in total. The van der Waals surface area contributed by atoms with Crippen molar-refractivity contribution in [1.82, 2.24) is 20.2 Å². The average Bonchev–Trinajstić information content (AvgIpc) is 3.06. The topological polar surface area (TPSA) is 78.8 Å². The molecule has 1 aromatic heterocycles. The van der Waals surface area contributed by atoms with Crippen LogP contribution >= 0.6 is 11.6 Å². The molecule has 2 aromatic rings. The van der Waals surface area contributed by atoms with Crippen LogP contribution in [0.3, 0.4) is 0 Å². The van der Waals surface area contributed by atoms with E-state index < -0.39 is 0 Å². The first-order valence-corrected chi connectivity index (χ1v) is 6.93. The molecule has 1 aliphatic carbocycles. The number of hydrogen-bond donors (Lipinski definition) is 1. The number of methoxy groups -OCH3 is 1. The third-order valence-electron chi connectivity index (χ3n) is 3.78. The number of hydrogen-bond acceptors (Lipinski definition) is 5. The van der Waals surface area contributed by atoms with Gasteiger partial charge in [-0.25, -0.2) is 4.68 Å². The van der Waals surface area contributed by atoms with Gasteiger partial charge in [-0.05, 0) is 47.9 Å². The number of aromatic nitrogens is 4. The van der Waals surface area contributed by atoms with Gasteiger partial charge in [0.25, 0.3) is 0 Å². The highest BCUT2D eigenvalue weighted by atomic mass is 35.5. The minimum absolute atomic E-state index is 0.250. The lowest BCUT2D eigenvalue weighted by Gasteiger charge is -2.13. The van der Waals surface area contributed by atoms with Crippen molar-refractivity contribution in [1.29, 1.82) is 0 Å². The third kappa shape index (κ3) is 2.36. The summed E-state index contributed by atoms with van der Waals surface area (Å²) < 4.78 is 7.25. The fraction of sp³-hybridized carbons (Fsp3) is 0.462. The molecule has 3 rings (SSSR count). The number of nitrogens with two attached hydrogens (primary N) is 1. The maximum Gasteiger partial charge on any atom is 0.184 e. The first-order chi connectivity index (χ1) is 9.69. The highest BCUT2D eigenvalue weighted by molar-refractivity contribution is 6.31. The summed E-state index contributed by atoms with van der Waals surface area (Å²) in [6.07, 6.45) is 3.22. The van der Waals surface area contributed by atoms with Gasteiger partial charge >= 0.3 is 0 Å². The molecular weight excluding hydrogens is 278 g/mol. The van der Waals surface area contributed by atoms with Gasteiger partial charge in [-0.15, -0.1) is 5.10 Å². The van der Waals surface area contributed by atoms with E-state index in [0.29, 0.717) is 16.5 Å². The SMILES string of the molecule is COC1CCC(n2nnnc2-c2ccc(Cl)cc2N)C1. The van der Waals surface area contributed by atoms with Crippen molar-refractivity contribution in [2.45, 2.75) is 31.4 Å². The minimum Gasteiger partial charge on any atom is -0.398 e. The van der Waals surface area contributed by atoms with Gasteiger partial charge in [-0.2, -0.15) is 0 Å². The predicted molar refractivity (Wildman–Crippen MR) is 76.4 cm³/mol. The summed E-state index contributed by atoms with van der Waals surface area (Å²) in [6.45, 7) is 0. The standard InChI is InChI=1S/C13H16ClN5O/c1-20-10-4-3-9(7-10)19-13(16-17-18-19)11-5-2-8(14)6-12(11)15/h2,5-6,9-10H,3-4,7,15H2,1H3. The van der Waals surface area contributed by atoms with E-state index in [1.807, 2.05) is 10.7 Å². The van der Waals surface area contributed by atoms with Crippen molar-refractivity contribution in [3.63, 3.8) is 0 Å². The molecule has 0 bridgehead atoms. The second kappa shape index (κ2) is 5.38. The van der Waals surface area contributed by atoms with E-state index in [9.17, 15) is 0 Å². The van der Waals surface area contributed by atoms with Crippen LogP contribution < -0.4 is 5.73 Å². The van der Waals surface area contributed by atoms with Gasteiger partial charge in [0.15, 0.2) is 5.82 Å². The number of nitrogens with zero attached hydrogens (tertiary/aromatic N) is 4. The van der Waals surface area contributed by atoms with Crippen molar-refractivity contribution in [3.8, 4) is 11.4 Å². The van der Waals surface area contributed by atoms with E-state index in [-0.39, 0.29) is 12.1 Å². The second-order valence-corrected chi connectivity index (χ2v) is 5.44. The molecule has 20 heavy (non-hydrogen) atoms. The molecule has 1 heterocycles. The fourth-order valence-electron chi connectivity index (χ4n) is 2.71. The van der Waals surface area contributed by atoms with E-state index >= 15 is 0 Å². The molecule has 2 N–H and O–H groups in total. The zero-order chi connectivity index (χ0) is 14.1. The van der Waals surface area contributed by atoms with Gasteiger partial charge in [-0.3, -0.25) is 0 Å². The Morgan fingerprint density at radius 3 is 2.95 bits per heavy atom. The first kappa shape index (κ1) is 13.3. The third-order valence-corrected chi connectivity index (χ3v) is 4.02. The molecule has 0 amide bonds. The van der Waals surface area contributed by atoms with Gasteiger partial charge in [0.1, 0.15) is 0 Å². The molecule has 106 valence electrons. The molecular formula is C13H16ClN5O. The van der Waals surface area contributed by atoms with Crippen molar-refractivity contribution < 1.29 is 4.74 Å². The van der Waals surface area contributed by atoms with E-state index in [4.69, 9.17) is 22.1 Å². The Hall–Kier alpha value is -1.66. The molecule has 1 fully saturated rings. The van der Waals surface area contributed by atoms with Gasteiger partial charge in [0, 0.05) is 23.4 Å². The van der Waals surface area contributed by atoms with E-state index in [1.54, 1.807) is 19.2 Å². The van der Waals surface area contributed by atoms with Crippen LogP contribution in [0.1, 0.15) is 25.3 Å². The zero-order valence-electron chi connectivity index (χ0n) is 11.2. The fourth-order valence-corrected chi connectivity index (χ4v) is 2.89. The number of ether oxygens (including phenoxy) is 1. The quantitative estimate of drug-likeness (QED) is 0.879. The molecule has 0 saturated heterocycles. The monoisotopic (exact) mass is 293 g/mol. The van der Waals surface area contributed by atoms with Crippen LogP contribution in [0.2, 0.25) is 5.02 Å². The number of nitrogen functional groups attached to an aromatic ring is 1. The maximum atomic E-state index is 6.02. The maximum absolute atomic E-state index is 6.02. The average molecular weight is 294 g/mol. The van der Waals surface area contributed by atoms with E-state index in [0.717, 1.165) is 24.8 Å². The van der Waals surface area contributed by atoms with Crippen molar-refractivity contribution >= 4 is 17.3 Å². The lowest BCUT2D eigenvalue weighted by Crippen LogP contribution is -2.12. The normalized spacial score (nSPS) is 22.3. The van der Waals surface area contributed by atoms with Gasteiger partial charge in [-0.1, -0.05) is 11.6 Å². The van der Waals surface area contributed by atoms with E-state index in [1.165, 1.54) is 0 Å².